The highest BCUT2D eigenvalue weighted by atomic mass is 16.4. The number of fused-ring (bicyclic) bond motifs is 1. The van der Waals surface area contributed by atoms with Crippen molar-refractivity contribution in [3.63, 3.8) is 0 Å². The van der Waals surface area contributed by atoms with Gasteiger partial charge in [0.25, 0.3) is 0 Å². The number of hydrogen-bond acceptors (Lipinski definition) is 1. The summed E-state index contributed by atoms with van der Waals surface area (Å²) in [6.07, 6.45) is 1.17. The molecule has 0 radical (unpaired) electrons. The van der Waals surface area contributed by atoms with E-state index in [-0.39, 0.29) is 16.4 Å². The normalized spacial score (nSPS) is 19.8. The summed E-state index contributed by atoms with van der Waals surface area (Å²) in [5.41, 5.74) is 5.24. The van der Waals surface area contributed by atoms with Crippen LogP contribution in [0.25, 0.3) is 0 Å². The molecule has 1 aliphatic carbocycles. The van der Waals surface area contributed by atoms with E-state index in [1.54, 1.807) is 24.3 Å². The van der Waals surface area contributed by atoms with Gasteiger partial charge >= 0.3 is 5.97 Å². The van der Waals surface area contributed by atoms with Gasteiger partial charge in [-0.15, -0.1) is 0 Å². The van der Waals surface area contributed by atoms with E-state index < -0.39 is 5.97 Å². The van der Waals surface area contributed by atoms with Crippen LogP contribution in [0.3, 0.4) is 0 Å². The Morgan fingerprint density at radius 2 is 1.54 bits per heavy atom. The van der Waals surface area contributed by atoms with E-state index in [0.29, 0.717) is 5.92 Å². The lowest BCUT2D eigenvalue weighted by Gasteiger charge is -2.46. The lowest BCUT2D eigenvalue weighted by atomic mass is 9.58. The van der Waals surface area contributed by atoms with E-state index in [1.807, 2.05) is 0 Å². The van der Waals surface area contributed by atoms with E-state index in [0.717, 1.165) is 11.1 Å². The van der Waals surface area contributed by atoms with Crippen molar-refractivity contribution in [1.29, 1.82) is 0 Å². The molecule has 1 atom stereocenters. The standard InChI is InChI=1S/C24H26O2/c1-16-15-23(2,3)21-14-18(10-13-20(21)24(16,4)5)7-6-17-8-11-19(12-9-17)22(25)26/h8-14,16H,15H2,1-5H3,(H,25,26). The second-order valence-corrected chi connectivity index (χ2v) is 8.60. The van der Waals surface area contributed by atoms with Crippen LogP contribution in [-0.2, 0) is 10.8 Å². The number of aromatic carboxylic acids is 1. The molecule has 0 bridgehead atoms. The fraction of sp³-hybridized carbons (Fsp3) is 0.375. The summed E-state index contributed by atoms with van der Waals surface area (Å²) in [6, 6.07) is 13.3. The fourth-order valence-electron chi connectivity index (χ4n) is 3.98. The van der Waals surface area contributed by atoms with Gasteiger partial charge in [-0.2, -0.15) is 0 Å². The quantitative estimate of drug-likeness (QED) is 0.704. The highest BCUT2D eigenvalue weighted by Gasteiger charge is 2.41. The van der Waals surface area contributed by atoms with Gasteiger partial charge in [0, 0.05) is 11.1 Å². The van der Waals surface area contributed by atoms with Gasteiger partial charge in [-0.25, -0.2) is 4.79 Å². The minimum absolute atomic E-state index is 0.144. The van der Waals surface area contributed by atoms with Gasteiger partial charge < -0.3 is 5.11 Å². The van der Waals surface area contributed by atoms with E-state index in [1.165, 1.54) is 17.5 Å². The molecule has 0 saturated carbocycles. The Morgan fingerprint density at radius 3 is 2.15 bits per heavy atom. The molecule has 0 aromatic heterocycles. The van der Waals surface area contributed by atoms with Gasteiger partial charge in [0.15, 0.2) is 0 Å². The van der Waals surface area contributed by atoms with Crippen LogP contribution in [0, 0.1) is 17.8 Å². The van der Waals surface area contributed by atoms with Crippen LogP contribution in [0.2, 0.25) is 0 Å². The summed E-state index contributed by atoms with van der Waals surface area (Å²) in [5, 5.41) is 8.97. The van der Waals surface area contributed by atoms with Crippen molar-refractivity contribution in [2.75, 3.05) is 0 Å². The molecule has 3 rings (SSSR count). The second-order valence-electron chi connectivity index (χ2n) is 8.60. The van der Waals surface area contributed by atoms with Crippen LogP contribution in [0.15, 0.2) is 42.5 Å². The molecule has 2 nitrogen and oxygen atoms in total. The van der Waals surface area contributed by atoms with Crippen molar-refractivity contribution in [1.82, 2.24) is 0 Å². The third-order valence-electron chi connectivity index (χ3n) is 5.97. The Balaban J connectivity index is 1.96. The lowest BCUT2D eigenvalue weighted by molar-refractivity contribution is 0.0697. The number of benzene rings is 2. The molecular formula is C24H26O2. The van der Waals surface area contributed by atoms with Crippen LogP contribution in [0.1, 0.15) is 73.7 Å². The first kappa shape index (κ1) is 18.3. The van der Waals surface area contributed by atoms with Gasteiger partial charge in [0.05, 0.1) is 5.56 Å². The summed E-state index contributed by atoms with van der Waals surface area (Å²) < 4.78 is 0. The van der Waals surface area contributed by atoms with Crippen molar-refractivity contribution in [3.8, 4) is 11.8 Å². The molecule has 1 N–H and O–H groups in total. The molecule has 1 aliphatic rings. The van der Waals surface area contributed by atoms with Crippen molar-refractivity contribution in [2.24, 2.45) is 5.92 Å². The Labute approximate surface area is 156 Å². The minimum atomic E-state index is -0.918. The van der Waals surface area contributed by atoms with Crippen LogP contribution in [0.4, 0.5) is 0 Å². The van der Waals surface area contributed by atoms with Gasteiger partial charge in [-0.3, -0.25) is 0 Å². The zero-order chi connectivity index (χ0) is 19.1. The minimum Gasteiger partial charge on any atom is -0.478 e. The lowest BCUT2D eigenvalue weighted by Crippen LogP contribution is -2.40. The van der Waals surface area contributed by atoms with Crippen molar-refractivity contribution in [2.45, 2.75) is 51.9 Å². The van der Waals surface area contributed by atoms with Gasteiger partial charge in [0.1, 0.15) is 0 Å². The predicted molar refractivity (Wildman–Crippen MR) is 106 cm³/mol. The molecule has 26 heavy (non-hydrogen) atoms. The number of hydrogen-bond donors (Lipinski definition) is 1. The number of rotatable bonds is 1. The molecular weight excluding hydrogens is 320 g/mol. The molecule has 0 heterocycles. The summed E-state index contributed by atoms with van der Waals surface area (Å²) >= 11 is 0. The summed E-state index contributed by atoms with van der Waals surface area (Å²) in [6.45, 7) is 11.7. The summed E-state index contributed by atoms with van der Waals surface area (Å²) in [4.78, 5) is 10.9. The molecule has 0 spiro atoms. The van der Waals surface area contributed by atoms with Gasteiger partial charge in [-0.1, -0.05) is 52.5 Å². The van der Waals surface area contributed by atoms with Crippen LogP contribution in [0.5, 0.6) is 0 Å². The average Bonchev–Trinajstić information content (AvgIpc) is 2.58. The molecule has 0 fully saturated rings. The largest absolute Gasteiger partial charge is 0.478 e. The zero-order valence-electron chi connectivity index (χ0n) is 16.2. The molecule has 2 aromatic carbocycles. The highest BCUT2D eigenvalue weighted by molar-refractivity contribution is 5.87. The smallest absolute Gasteiger partial charge is 0.335 e. The SMILES string of the molecule is CC1CC(C)(C)c2cc(C#Cc3ccc(C(=O)O)cc3)ccc2C1(C)C. The Morgan fingerprint density at radius 1 is 0.962 bits per heavy atom. The third-order valence-corrected chi connectivity index (χ3v) is 5.97. The second kappa shape index (κ2) is 6.32. The summed E-state index contributed by atoms with van der Waals surface area (Å²) in [5.74, 6) is 6.10. The third kappa shape index (κ3) is 3.27. The van der Waals surface area contributed by atoms with E-state index in [9.17, 15) is 4.79 Å². The molecule has 134 valence electrons. The first-order valence-corrected chi connectivity index (χ1v) is 9.11. The van der Waals surface area contributed by atoms with Gasteiger partial charge in [0.2, 0.25) is 0 Å². The van der Waals surface area contributed by atoms with Gasteiger partial charge in [-0.05, 0) is 70.7 Å². The molecule has 0 amide bonds. The molecule has 1 unspecified atom stereocenters. The number of carboxylic acid groups (broad SMARTS) is 1. The average molecular weight is 346 g/mol. The zero-order valence-corrected chi connectivity index (χ0v) is 16.2. The predicted octanol–water partition coefficient (Wildman–Crippen LogP) is 5.38. The summed E-state index contributed by atoms with van der Waals surface area (Å²) in [7, 11) is 0. The van der Waals surface area contributed by atoms with Crippen LogP contribution < -0.4 is 0 Å². The topological polar surface area (TPSA) is 37.3 Å². The monoisotopic (exact) mass is 346 g/mol. The first-order chi connectivity index (χ1) is 12.1. The van der Waals surface area contributed by atoms with E-state index >= 15 is 0 Å². The molecule has 2 aromatic rings. The Bertz CT molecular complexity index is 905. The molecule has 2 heteroatoms. The molecule has 0 saturated heterocycles. The maximum Gasteiger partial charge on any atom is 0.335 e. The maximum absolute atomic E-state index is 10.9. The number of carboxylic acids is 1. The van der Waals surface area contributed by atoms with E-state index in [2.05, 4.69) is 64.7 Å². The van der Waals surface area contributed by atoms with Crippen LogP contribution >= 0.6 is 0 Å². The fourth-order valence-corrected chi connectivity index (χ4v) is 3.98. The van der Waals surface area contributed by atoms with Crippen molar-refractivity contribution in [3.05, 3.63) is 70.3 Å². The Kier molecular flexibility index (Phi) is 4.44. The van der Waals surface area contributed by atoms with Crippen molar-refractivity contribution < 1.29 is 9.90 Å². The first-order valence-electron chi connectivity index (χ1n) is 9.11. The Hall–Kier alpha value is -2.53. The van der Waals surface area contributed by atoms with Crippen LogP contribution in [-0.4, -0.2) is 11.1 Å². The maximum atomic E-state index is 10.9. The number of carbonyl (C=O) groups is 1. The van der Waals surface area contributed by atoms with Crippen molar-refractivity contribution >= 4 is 5.97 Å². The van der Waals surface area contributed by atoms with E-state index in [4.69, 9.17) is 5.11 Å². The highest BCUT2D eigenvalue weighted by Crippen LogP contribution is 2.49. The molecule has 0 aliphatic heterocycles.